The van der Waals surface area contributed by atoms with Crippen LogP contribution in [0.4, 0.5) is 5.69 Å². The minimum Gasteiger partial charge on any atom is -0.341 e. The molecule has 1 rings (SSSR count). The van der Waals surface area contributed by atoms with Gasteiger partial charge in [-0.1, -0.05) is 13.8 Å². The van der Waals surface area contributed by atoms with Gasteiger partial charge in [-0.05, 0) is 30.7 Å². The fourth-order valence-corrected chi connectivity index (χ4v) is 2.40. The Kier molecular flexibility index (Phi) is 9.19. The summed E-state index contributed by atoms with van der Waals surface area (Å²) in [6.07, 6.45) is 2.52. The van der Waals surface area contributed by atoms with Crippen molar-refractivity contribution in [2.75, 3.05) is 19.8 Å². The number of nitrogens with two attached hydrogens (primary N) is 1. The molecule has 0 aliphatic rings. The number of nitro benzene ring substituents is 1. The zero-order valence-electron chi connectivity index (χ0n) is 13.8. The fraction of sp³-hybridized carbons (Fsp3) is 0.533. The Bertz CT molecular complexity index is 555. The van der Waals surface area contributed by atoms with Gasteiger partial charge in [0, 0.05) is 30.6 Å². The highest BCUT2D eigenvalue weighted by atomic mass is 35.5. The number of benzene rings is 1. The largest absolute Gasteiger partial charge is 0.341 e. The average molecular weight is 362 g/mol. The summed E-state index contributed by atoms with van der Waals surface area (Å²) in [6.45, 7) is 4.53. The van der Waals surface area contributed by atoms with Gasteiger partial charge in [-0.2, -0.15) is 0 Å². The SMILES string of the molecule is CSc1ccc([N+](=O)[O-])c(C(=O)N(C)CCC(N)C(C)C)c1.Cl. The number of hydrogen-bond donors (Lipinski definition) is 1. The molecule has 2 N–H and O–H groups in total. The Morgan fingerprint density at radius 3 is 2.52 bits per heavy atom. The molecule has 0 saturated carbocycles. The number of nitro groups is 1. The van der Waals surface area contributed by atoms with Crippen LogP contribution in [0.5, 0.6) is 0 Å². The lowest BCUT2D eigenvalue weighted by atomic mass is 10.0. The van der Waals surface area contributed by atoms with Gasteiger partial charge < -0.3 is 10.6 Å². The van der Waals surface area contributed by atoms with Crippen LogP contribution in [-0.2, 0) is 0 Å². The fourth-order valence-electron chi connectivity index (χ4n) is 1.96. The molecule has 0 saturated heterocycles. The van der Waals surface area contributed by atoms with Crippen molar-refractivity contribution >= 4 is 35.8 Å². The van der Waals surface area contributed by atoms with Crippen LogP contribution in [0.2, 0.25) is 0 Å². The predicted molar refractivity (Wildman–Crippen MR) is 96.5 cm³/mol. The summed E-state index contributed by atoms with van der Waals surface area (Å²) >= 11 is 1.44. The predicted octanol–water partition coefficient (Wildman–Crippen LogP) is 3.18. The zero-order chi connectivity index (χ0) is 16.9. The molecule has 1 atom stereocenters. The maximum absolute atomic E-state index is 12.5. The summed E-state index contributed by atoms with van der Waals surface area (Å²) in [4.78, 5) is 25.4. The summed E-state index contributed by atoms with van der Waals surface area (Å²) in [7, 11) is 1.64. The molecule has 0 heterocycles. The molecule has 0 aliphatic carbocycles. The van der Waals surface area contributed by atoms with Crippen LogP contribution in [0, 0.1) is 16.0 Å². The molecule has 0 fully saturated rings. The first-order valence-corrected chi connectivity index (χ1v) is 8.33. The number of hydrogen-bond acceptors (Lipinski definition) is 5. The van der Waals surface area contributed by atoms with Gasteiger partial charge in [0.1, 0.15) is 5.56 Å². The highest BCUT2D eigenvalue weighted by Gasteiger charge is 2.23. The van der Waals surface area contributed by atoms with Gasteiger partial charge in [0.2, 0.25) is 0 Å². The van der Waals surface area contributed by atoms with E-state index in [0.29, 0.717) is 18.9 Å². The van der Waals surface area contributed by atoms with E-state index in [1.807, 2.05) is 20.1 Å². The van der Waals surface area contributed by atoms with E-state index in [4.69, 9.17) is 5.73 Å². The summed E-state index contributed by atoms with van der Waals surface area (Å²) in [6, 6.07) is 4.60. The Hall–Kier alpha value is -1.31. The minimum atomic E-state index is -0.523. The number of rotatable bonds is 7. The van der Waals surface area contributed by atoms with Gasteiger partial charge in [-0.25, -0.2) is 0 Å². The molecule has 0 bridgehead atoms. The Labute approximate surface area is 147 Å². The molecule has 1 aromatic carbocycles. The molecule has 1 amide bonds. The van der Waals surface area contributed by atoms with Crippen LogP contribution in [-0.4, -0.2) is 41.6 Å². The van der Waals surface area contributed by atoms with E-state index in [0.717, 1.165) is 4.90 Å². The normalized spacial score (nSPS) is 11.7. The van der Waals surface area contributed by atoms with Gasteiger partial charge >= 0.3 is 0 Å². The number of carbonyl (C=O) groups excluding carboxylic acids is 1. The van der Waals surface area contributed by atoms with Crippen LogP contribution >= 0.6 is 24.2 Å². The first kappa shape index (κ1) is 21.7. The van der Waals surface area contributed by atoms with Crippen molar-refractivity contribution in [2.45, 2.75) is 31.2 Å². The molecule has 6 nitrogen and oxygen atoms in total. The molecule has 0 radical (unpaired) electrons. The standard InChI is InChI=1S/C15H23N3O3S.ClH/c1-10(2)13(16)7-8-17(3)15(19)12-9-11(22-4)5-6-14(12)18(20)21;/h5-6,9-10,13H,7-8,16H2,1-4H3;1H. The molecule has 1 aromatic rings. The summed E-state index contributed by atoms with van der Waals surface area (Å²) < 4.78 is 0. The van der Waals surface area contributed by atoms with Crippen LogP contribution in [0.3, 0.4) is 0 Å². The van der Waals surface area contributed by atoms with Crippen molar-refractivity contribution in [3.63, 3.8) is 0 Å². The van der Waals surface area contributed by atoms with Crippen LogP contribution in [0.25, 0.3) is 0 Å². The van der Waals surface area contributed by atoms with Gasteiger partial charge in [0.05, 0.1) is 4.92 Å². The van der Waals surface area contributed by atoms with E-state index in [2.05, 4.69) is 0 Å². The highest BCUT2D eigenvalue weighted by Crippen LogP contribution is 2.25. The van der Waals surface area contributed by atoms with Gasteiger partial charge in [-0.3, -0.25) is 14.9 Å². The molecule has 0 aromatic heterocycles. The first-order chi connectivity index (χ1) is 10.3. The average Bonchev–Trinajstić information content (AvgIpc) is 2.50. The second-order valence-corrected chi connectivity index (χ2v) is 6.44. The minimum absolute atomic E-state index is 0. The molecule has 0 spiro atoms. The number of halogens is 1. The van der Waals surface area contributed by atoms with Crippen molar-refractivity contribution in [3.8, 4) is 0 Å². The van der Waals surface area contributed by atoms with Crippen LogP contribution in [0.1, 0.15) is 30.6 Å². The maximum Gasteiger partial charge on any atom is 0.282 e. The van der Waals surface area contributed by atoms with E-state index in [1.165, 1.54) is 22.7 Å². The monoisotopic (exact) mass is 361 g/mol. The first-order valence-electron chi connectivity index (χ1n) is 7.11. The lowest BCUT2D eigenvalue weighted by molar-refractivity contribution is -0.385. The highest BCUT2D eigenvalue weighted by molar-refractivity contribution is 7.98. The molecule has 8 heteroatoms. The van der Waals surface area contributed by atoms with Crippen LogP contribution < -0.4 is 5.73 Å². The number of amides is 1. The number of carbonyl (C=O) groups is 1. The quantitative estimate of drug-likeness (QED) is 0.457. The second kappa shape index (κ2) is 9.75. The van der Waals surface area contributed by atoms with E-state index < -0.39 is 4.92 Å². The molecule has 1 unspecified atom stereocenters. The van der Waals surface area contributed by atoms with Crippen molar-refractivity contribution in [3.05, 3.63) is 33.9 Å². The molecule has 0 aliphatic heterocycles. The van der Waals surface area contributed by atoms with Crippen molar-refractivity contribution in [1.29, 1.82) is 0 Å². The Balaban J connectivity index is 0.00000484. The molecular weight excluding hydrogens is 338 g/mol. The topological polar surface area (TPSA) is 89.5 Å². The van der Waals surface area contributed by atoms with Crippen LogP contribution in [0.15, 0.2) is 23.1 Å². The van der Waals surface area contributed by atoms with E-state index in [1.54, 1.807) is 19.2 Å². The summed E-state index contributed by atoms with van der Waals surface area (Å²) in [5.41, 5.74) is 5.94. The van der Waals surface area contributed by atoms with E-state index >= 15 is 0 Å². The summed E-state index contributed by atoms with van der Waals surface area (Å²) in [5.74, 6) is -0.0174. The van der Waals surface area contributed by atoms with E-state index in [9.17, 15) is 14.9 Å². The van der Waals surface area contributed by atoms with Gasteiger partial charge in [0.25, 0.3) is 11.6 Å². The van der Waals surface area contributed by atoms with Crippen molar-refractivity contribution in [2.24, 2.45) is 11.7 Å². The number of thioether (sulfide) groups is 1. The van der Waals surface area contributed by atoms with Gasteiger partial charge in [-0.15, -0.1) is 24.2 Å². The third kappa shape index (κ3) is 6.01. The molecule has 23 heavy (non-hydrogen) atoms. The Morgan fingerprint density at radius 1 is 1.43 bits per heavy atom. The Morgan fingerprint density at radius 2 is 2.04 bits per heavy atom. The lowest BCUT2D eigenvalue weighted by Gasteiger charge is -2.21. The van der Waals surface area contributed by atoms with Gasteiger partial charge in [0.15, 0.2) is 0 Å². The summed E-state index contributed by atoms with van der Waals surface area (Å²) in [5, 5.41) is 11.1. The smallest absolute Gasteiger partial charge is 0.282 e. The molecular formula is C15H24ClN3O3S. The maximum atomic E-state index is 12.5. The molecule has 130 valence electrons. The number of nitrogens with zero attached hydrogens (tertiary/aromatic N) is 2. The third-order valence-electron chi connectivity index (χ3n) is 3.63. The van der Waals surface area contributed by atoms with Crippen molar-refractivity contribution in [1.82, 2.24) is 4.90 Å². The van der Waals surface area contributed by atoms with Crippen molar-refractivity contribution < 1.29 is 9.72 Å². The third-order valence-corrected chi connectivity index (χ3v) is 4.36. The second-order valence-electron chi connectivity index (χ2n) is 5.56. The lowest BCUT2D eigenvalue weighted by Crippen LogP contribution is -2.34. The van der Waals surface area contributed by atoms with E-state index in [-0.39, 0.29) is 35.6 Å². The zero-order valence-corrected chi connectivity index (χ0v) is 15.4.